The number of aliphatic hydroxyl groups excluding tert-OH is 1. The van der Waals surface area contributed by atoms with Crippen LogP contribution in [-0.4, -0.2) is 54.5 Å². The normalized spacial score (nSPS) is 18.5. The Morgan fingerprint density at radius 2 is 1.87 bits per heavy atom. The zero-order chi connectivity index (χ0) is 16.2. The summed E-state index contributed by atoms with van der Waals surface area (Å²) >= 11 is 0. The quantitative estimate of drug-likeness (QED) is 0.842. The van der Waals surface area contributed by atoms with Crippen LogP contribution in [-0.2, 0) is 4.74 Å². The van der Waals surface area contributed by atoms with Gasteiger partial charge >= 0.3 is 0 Å². The van der Waals surface area contributed by atoms with Crippen LogP contribution < -0.4 is 5.32 Å². The molecule has 0 radical (unpaired) electrons. The first-order chi connectivity index (χ1) is 11.2. The van der Waals surface area contributed by atoms with Gasteiger partial charge in [-0.3, -0.25) is 9.69 Å². The first-order valence-electron chi connectivity index (χ1n) is 7.95. The maximum atomic E-state index is 12.5. The van der Waals surface area contributed by atoms with Gasteiger partial charge in [-0.1, -0.05) is 36.4 Å². The molecule has 5 nitrogen and oxygen atoms in total. The number of nitrogens with zero attached hydrogens (tertiary/aromatic N) is 1. The first kappa shape index (κ1) is 15.9. The van der Waals surface area contributed by atoms with Gasteiger partial charge in [0.25, 0.3) is 5.91 Å². The van der Waals surface area contributed by atoms with Crippen LogP contribution in [0.15, 0.2) is 42.5 Å². The molecule has 0 bridgehead atoms. The lowest BCUT2D eigenvalue weighted by atomic mass is 10.0. The Bertz CT molecular complexity index is 678. The molecule has 23 heavy (non-hydrogen) atoms. The zero-order valence-corrected chi connectivity index (χ0v) is 13.2. The SMILES string of the molecule is CC(C(O)NC(=O)c1cccc2ccccc12)N1CCOCC1. The molecule has 0 aliphatic carbocycles. The molecule has 0 spiro atoms. The van der Waals surface area contributed by atoms with Gasteiger partial charge in [-0.05, 0) is 23.8 Å². The minimum Gasteiger partial charge on any atom is -0.379 e. The molecule has 2 N–H and O–H groups in total. The molecule has 2 atom stereocenters. The number of carbonyl (C=O) groups excluding carboxylic acids is 1. The highest BCUT2D eigenvalue weighted by Gasteiger charge is 2.25. The lowest BCUT2D eigenvalue weighted by Gasteiger charge is -2.35. The number of fused-ring (bicyclic) bond motifs is 1. The van der Waals surface area contributed by atoms with Crippen molar-refractivity contribution < 1.29 is 14.6 Å². The molecule has 5 heteroatoms. The molecule has 1 heterocycles. The van der Waals surface area contributed by atoms with Crippen LogP contribution in [0.1, 0.15) is 17.3 Å². The van der Waals surface area contributed by atoms with E-state index in [2.05, 4.69) is 10.2 Å². The molecule has 0 saturated carbocycles. The summed E-state index contributed by atoms with van der Waals surface area (Å²) in [7, 11) is 0. The molecule has 2 aromatic carbocycles. The number of morpholine rings is 1. The van der Waals surface area contributed by atoms with E-state index >= 15 is 0 Å². The first-order valence-corrected chi connectivity index (χ1v) is 7.95. The summed E-state index contributed by atoms with van der Waals surface area (Å²) in [5, 5.41) is 15.0. The number of rotatable bonds is 4. The lowest BCUT2D eigenvalue weighted by Crippen LogP contribution is -2.53. The average Bonchev–Trinajstić information content (AvgIpc) is 2.61. The van der Waals surface area contributed by atoms with Gasteiger partial charge in [0.1, 0.15) is 6.23 Å². The van der Waals surface area contributed by atoms with E-state index in [0.29, 0.717) is 18.8 Å². The van der Waals surface area contributed by atoms with Crippen LogP contribution in [0.5, 0.6) is 0 Å². The van der Waals surface area contributed by atoms with Crippen LogP contribution >= 0.6 is 0 Å². The van der Waals surface area contributed by atoms with E-state index < -0.39 is 6.23 Å². The molecule has 122 valence electrons. The Morgan fingerprint density at radius 3 is 2.65 bits per heavy atom. The van der Waals surface area contributed by atoms with Gasteiger partial charge in [0, 0.05) is 18.7 Å². The Balaban J connectivity index is 1.72. The van der Waals surface area contributed by atoms with Crippen molar-refractivity contribution in [3.8, 4) is 0 Å². The molecule has 0 aromatic heterocycles. The number of hydrogen-bond donors (Lipinski definition) is 2. The standard InChI is InChI=1S/C18H22N2O3/c1-13(20-9-11-23-12-10-20)17(21)19-18(22)16-8-4-6-14-5-2-3-7-15(14)16/h2-8,13,17,21H,9-12H2,1H3,(H,19,22). The van der Waals surface area contributed by atoms with Gasteiger partial charge in [0.15, 0.2) is 0 Å². The summed E-state index contributed by atoms with van der Waals surface area (Å²) in [6.07, 6.45) is -0.917. The highest BCUT2D eigenvalue weighted by Crippen LogP contribution is 2.18. The fourth-order valence-electron chi connectivity index (χ4n) is 2.94. The number of carbonyl (C=O) groups is 1. The van der Waals surface area contributed by atoms with Crippen molar-refractivity contribution in [3.05, 3.63) is 48.0 Å². The third-order valence-corrected chi connectivity index (χ3v) is 4.39. The average molecular weight is 314 g/mol. The van der Waals surface area contributed by atoms with Crippen LogP contribution in [0.2, 0.25) is 0 Å². The molecule has 2 unspecified atom stereocenters. The number of ether oxygens (including phenoxy) is 1. The number of aliphatic hydroxyl groups is 1. The summed E-state index contributed by atoms with van der Waals surface area (Å²) < 4.78 is 5.32. The summed E-state index contributed by atoms with van der Waals surface area (Å²) in [5.41, 5.74) is 0.580. The monoisotopic (exact) mass is 314 g/mol. The minimum absolute atomic E-state index is 0.155. The summed E-state index contributed by atoms with van der Waals surface area (Å²) in [6.45, 7) is 4.77. The van der Waals surface area contributed by atoms with Crippen molar-refractivity contribution in [2.24, 2.45) is 0 Å². The minimum atomic E-state index is -0.917. The van der Waals surface area contributed by atoms with Crippen LogP contribution in [0, 0.1) is 0 Å². The predicted molar refractivity (Wildman–Crippen MR) is 89.3 cm³/mol. The van der Waals surface area contributed by atoms with E-state index in [-0.39, 0.29) is 11.9 Å². The maximum Gasteiger partial charge on any atom is 0.253 e. The van der Waals surface area contributed by atoms with Gasteiger partial charge in [0.2, 0.25) is 0 Å². The highest BCUT2D eigenvalue weighted by molar-refractivity contribution is 6.07. The Hall–Kier alpha value is -1.95. The highest BCUT2D eigenvalue weighted by atomic mass is 16.5. The Morgan fingerprint density at radius 1 is 1.17 bits per heavy atom. The van der Waals surface area contributed by atoms with Gasteiger partial charge in [-0.2, -0.15) is 0 Å². The molecule has 3 rings (SSSR count). The Labute approximate surface area is 135 Å². The van der Waals surface area contributed by atoms with Crippen molar-refractivity contribution in [1.29, 1.82) is 0 Å². The molecule has 1 amide bonds. The number of amides is 1. The number of nitrogens with one attached hydrogen (secondary N) is 1. The van der Waals surface area contributed by atoms with Gasteiger partial charge in [0.05, 0.1) is 19.3 Å². The van der Waals surface area contributed by atoms with Crippen molar-refractivity contribution in [3.63, 3.8) is 0 Å². The lowest BCUT2D eigenvalue weighted by molar-refractivity contribution is -0.0230. The smallest absolute Gasteiger partial charge is 0.253 e. The van der Waals surface area contributed by atoms with Crippen molar-refractivity contribution in [1.82, 2.24) is 10.2 Å². The van der Waals surface area contributed by atoms with Crippen molar-refractivity contribution in [2.45, 2.75) is 19.2 Å². The van der Waals surface area contributed by atoms with Gasteiger partial charge in [-0.15, -0.1) is 0 Å². The number of benzene rings is 2. The largest absolute Gasteiger partial charge is 0.379 e. The topological polar surface area (TPSA) is 61.8 Å². The predicted octanol–water partition coefficient (Wildman–Crippen LogP) is 1.61. The van der Waals surface area contributed by atoms with E-state index in [4.69, 9.17) is 4.74 Å². The third-order valence-electron chi connectivity index (χ3n) is 4.39. The van der Waals surface area contributed by atoms with Crippen molar-refractivity contribution in [2.75, 3.05) is 26.3 Å². The van der Waals surface area contributed by atoms with Gasteiger partial charge in [-0.25, -0.2) is 0 Å². The van der Waals surface area contributed by atoms with E-state index in [1.165, 1.54) is 0 Å². The number of hydrogen-bond acceptors (Lipinski definition) is 4. The summed E-state index contributed by atoms with van der Waals surface area (Å²) in [4.78, 5) is 14.7. The second-order valence-corrected chi connectivity index (χ2v) is 5.83. The fraction of sp³-hybridized carbons (Fsp3) is 0.389. The summed E-state index contributed by atoms with van der Waals surface area (Å²) in [5.74, 6) is -0.255. The van der Waals surface area contributed by atoms with E-state index in [1.807, 2.05) is 43.3 Å². The second-order valence-electron chi connectivity index (χ2n) is 5.83. The van der Waals surface area contributed by atoms with E-state index in [1.54, 1.807) is 6.07 Å². The molecule has 1 aliphatic rings. The molecule has 1 aliphatic heterocycles. The van der Waals surface area contributed by atoms with Crippen molar-refractivity contribution >= 4 is 16.7 Å². The maximum absolute atomic E-state index is 12.5. The van der Waals surface area contributed by atoms with Crippen LogP contribution in [0.4, 0.5) is 0 Å². The second kappa shape index (κ2) is 7.08. The Kier molecular flexibility index (Phi) is 4.91. The van der Waals surface area contributed by atoms with Gasteiger partial charge < -0.3 is 15.2 Å². The van der Waals surface area contributed by atoms with E-state index in [9.17, 15) is 9.90 Å². The summed E-state index contributed by atoms with van der Waals surface area (Å²) in [6, 6.07) is 13.2. The molecule has 1 saturated heterocycles. The fourth-order valence-corrected chi connectivity index (χ4v) is 2.94. The molecule has 1 fully saturated rings. The van der Waals surface area contributed by atoms with Crippen LogP contribution in [0.3, 0.4) is 0 Å². The van der Waals surface area contributed by atoms with E-state index in [0.717, 1.165) is 23.9 Å². The molecular weight excluding hydrogens is 292 g/mol. The van der Waals surface area contributed by atoms with Crippen LogP contribution in [0.25, 0.3) is 10.8 Å². The third kappa shape index (κ3) is 3.52. The zero-order valence-electron chi connectivity index (χ0n) is 13.2. The molecular formula is C18H22N2O3. The molecule has 2 aromatic rings.